The van der Waals surface area contributed by atoms with E-state index in [0.717, 1.165) is 12.8 Å². The van der Waals surface area contributed by atoms with Gasteiger partial charge in [-0.15, -0.1) is 11.8 Å². The summed E-state index contributed by atoms with van der Waals surface area (Å²) in [6, 6.07) is 8.81. The van der Waals surface area contributed by atoms with Gasteiger partial charge >= 0.3 is 0 Å². The number of amides is 1. The number of hydrogen-bond acceptors (Lipinski definition) is 5. The zero-order valence-corrected chi connectivity index (χ0v) is 18.7. The van der Waals surface area contributed by atoms with Gasteiger partial charge in [0.05, 0.1) is 23.4 Å². The minimum absolute atomic E-state index is 0.0638. The van der Waals surface area contributed by atoms with Crippen LogP contribution in [0.25, 0.3) is 0 Å². The molecule has 162 valence electrons. The van der Waals surface area contributed by atoms with E-state index in [1.165, 1.54) is 47.4 Å². The molecule has 0 unspecified atom stereocenters. The van der Waals surface area contributed by atoms with Crippen LogP contribution in [0.4, 0.5) is 10.1 Å². The number of nitrogens with zero attached hydrogens (tertiary/aromatic N) is 1. The fourth-order valence-corrected chi connectivity index (χ4v) is 5.62. The van der Waals surface area contributed by atoms with E-state index in [9.17, 15) is 17.6 Å². The van der Waals surface area contributed by atoms with E-state index in [0.29, 0.717) is 35.2 Å². The van der Waals surface area contributed by atoms with Gasteiger partial charge in [-0.05, 0) is 48.7 Å². The molecule has 1 aliphatic heterocycles. The predicted molar refractivity (Wildman–Crippen MR) is 117 cm³/mol. The lowest BCUT2D eigenvalue weighted by molar-refractivity contribution is -0.113. The lowest BCUT2D eigenvalue weighted by Crippen LogP contribution is -2.28. The van der Waals surface area contributed by atoms with Crippen molar-refractivity contribution in [1.82, 2.24) is 4.31 Å². The molecule has 0 atom stereocenters. The summed E-state index contributed by atoms with van der Waals surface area (Å²) in [7, 11) is -2.17. The lowest BCUT2D eigenvalue weighted by Gasteiger charge is -2.17. The Balaban J connectivity index is 1.66. The SMILES string of the molecule is COc1ccc(S(=O)(=O)N2CCCC2)cc1NC(=O)CSCc1ccc(Cl)cc1F. The quantitative estimate of drug-likeness (QED) is 0.624. The van der Waals surface area contributed by atoms with E-state index in [-0.39, 0.29) is 22.2 Å². The van der Waals surface area contributed by atoms with Gasteiger partial charge in [-0.1, -0.05) is 17.7 Å². The molecule has 1 amide bonds. The van der Waals surface area contributed by atoms with Gasteiger partial charge in [-0.2, -0.15) is 4.31 Å². The first-order valence-electron chi connectivity index (χ1n) is 9.31. The zero-order valence-electron chi connectivity index (χ0n) is 16.4. The molecule has 0 radical (unpaired) electrons. The molecule has 1 heterocycles. The number of carbonyl (C=O) groups is 1. The van der Waals surface area contributed by atoms with Gasteiger partial charge in [-0.3, -0.25) is 4.79 Å². The molecule has 1 saturated heterocycles. The first-order valence-corrected chi connectivity index (χ1v) is 12.3. The lowest BCUT2D eigenvalue weighted by atomic mass is 10.2. The van der Waals surface area contributed by atoms with Gasteiger partial charge in [0.25, 0.3) is 0 Å². The van der Waals surface area contributed by atoms with Crippen molar-refractivity contribution in [3.63, 3.8) is 0 Å². The van der Waals surface area contributed by atoms with Crippen LogP contribution < -0.4 is 10.1 Å². The number of nitrogens with one attached hydrogen (secondary N) is 1. The van der Waals surface area contributed by atoms with Crippen LogP contribution in [0.15, 0.2) is 41.3 Å². The zero-order chi connectivity index (χ0) is 21.7. The van der Waals surface area contributed by atoms with Gasteiger partial charge in [0.15, 0.2) is 0 Å². The maximum absolute atomic E-state index is 13.8. The highest BCUT2D eigenvalue weighted by atomic mass is 35.5. The molecule has 3 rings (SSSR count). The molecule has 0 spiro atoms. The summed E-state index contributed by atoms with van der Waals surface area (Å²) in [6.07, 6.45) is 1.68. The van der Waals surface area contributed by atoms with Crippen LogP contribution in [0.1, 0.15) is 18.4 Å². The Morgan fingerprint density at radius 3 is 2.63 bits per heavy atom. The number of anilines is 1. The van der Waals surface area contributed by atoms with E-state index in [1.54, 1.807) is 12.1 Å². The number of sulfonamides is 1. The summed E-state index contributed by atoms with van der Waals surface area (Å²) >= 11 is 6.97. The van der Waals surface area contributed by atoms with Crippen molar-refractivity contribution in [2.24, 2.45) is 0 Å². The average molecular weight is 473 g/mol. The third-order valence-electron chi connectivity index (χ3n) is 4.65. The van der Waals surface area contributed by atoms with Gasteiger partial charge < -0.3 is 10.1 Å². The van der Waals surface area contributed by atoms with Gasteiger partial charge in [0, 0.05) is 23.9 Å². The number of carbonyl (C=O) groups excluding carboxylic acids is 1. The van der Waals surface area contributed by atoms with Crippen molar-refractivity contribution in [1.29, 1.82) is 0 Å². The first-order chi connectivity index (χ1) is 14.3. The molecule has 1 aliphatic rings. The van der Waals surface area contributed by atoms with Crippen molar-refractivity contribution in [2.75, 3.05) is 31.3 Å². The van der Waals surface area contributed by atoms with Crippen LogP contribution in [0.2, 0.25) is 5.02 Å². The second kappa shape index (κ2) is 10.00. The monoisotopic (exact) mass is 472 g/mol. The molecule has 10 heteroatoms. The van der Waals surface area contributed by atoms with Gasteiger partial charge in [0.1, 0.15) is 11.6 Å². The normalized spacial score (nSPS) is 14.6. The highest BCUT2D eigenvalue weighted by Crippen LogP contribution is 2.30. The van der Waals surface area contributed by atoms with Crippen molar-refractivity contribution < 1.29 is 22.3 Å². The number of thioether (sulfide) groups is 1. The minimum Gasteiger partial charge on any atom is -0.495 e. The highest BCUT2D eigenvalue weighted by molar-refractivity contribution is 7.99. The highest BCUT2D eigenvalue weighted by Gasteiger charge is 2.28. The van der Waals surface area contributed by atoms with Crippen LogP contribution in [0.3, 0.4) is 0 Å². The number of halogens is 2. The number of benzene rings is 2. The Kier molecular flexibility index (Phi) is 7.62. The van der Waals surface area contributed by atoms with Crippen LogP contribution >= 0.6 is 23.4 Å². The molecule has 1 N–H and O–H groups in total. The predicted octanol–water partition coefficient (Wildman–Crippen LogP) is 4.14. The summed E-state index contributed by atoms with van der Waals surface area (Å²) in [6.45, 7) is 0.988. The maximum Gasteiger partial charge on any atom is 0.243 e. The van der Waals surface area contributed by atoms with Gasteiger partial charge in [0.2, 0.25) is 15.9 Å². The Hall–Kier alpha value is -1.81. The van der Waals surface area contributed by atoms with Crippen molar-refractivity contribution in [3.05, 3.63) is 52.8 Å². The van der Waals surface area contributed by atoms with E-state index >= 15 is 0 Å². The average Bonchev–Trinajstić information content (AvgIpc) is 3.25. The third kappa shape index (κ3) is 5.46. The second-order valence-corrected chi connectivity index (χ2v) is 10.1. The molecule has 2 aromatic rings. The molecule has 1 fully saturated rings. The Bertz CT molecular complexity index is 1030. The van der Waals surface area contributed by atoms with Crippen LogP contribution in [0, 0.1) is 5.82 Å². The van der Waals surface area contributed by atoms with Crippen molar-refractivity contribution >= 4 is 45.0 Å². The second-order valence-electron chi connectivity index (χ2n) is 6.75. The van der Waals surface area contributed by atoms with E-state index in [2.05, 4.69) is 5.32 Å². The molecule has 0 aromatic heterocycles. The third-order valence-corrected chi connectivity index (χ3v) is 7.76. The Morgan fingerprint density at radius 2 is 1.97 bits per heavy atom. The van der Waals surface area contributed by atoms with Crippen LogP contribution in [-0.4, -0.2) is 44.6 Å². The number of ether oxygens (including phenoxy) is 1. The molecule has 6 nitrogen and oxygen atoms in total. The molecule has 0 saturated carbocycles. The summed E-state index contributed by atoms with van der Waals surface area (Å²) in [5.41, 5.74) is 0.731. The van der Waals surface area contributed by atoms with E-state index < -0.39 is 15.8 Å². The minimum atomic E-state index is -3.61. The maximum atomic E-state index is 13.8. The molecule has 0 bridgehead atoms. The van der Waals surface area contributed by atoms with Crippen molar-refractivity contribution in [3.8, 4) is 5.75 Å². The Labute approximate surface area is 184 Å². The summed E-state index contributed by atoms with van der Waals surface area (Å²) < 4.78 is 46.1. The van der Waals surface area contributed by atoms with Gasteiger partial charge in [-0.25, -0.2) is 12.8 Å². The largest absolute Gasteiger partial charge is 0.495 e. The standard InChI is InChI=1S/C20H22ClFN2O4S2/c1-28-19-7-6-16(30(26,27)24-8-2-3-9-24)11-18(19)23-20(25)13-29-12-14-4-5-15(21)10-17(14)22/h4-7,10-11H,2-3,8-9,12-13H2,1H3,(H,23,25). The van der Waals surface area contributed by atoms with E-state index in [4.69, 9.17) is 16.3 Å². The molecule has 30 heavy (non-hydrogen) atoms. The Morgan fingerprint density at radius 1 is 1.23 bits per heavy atom. The van der Waals surface area contributed by atoms with Crippen LogP contribution in [0.5, 0.6) is 5.75 Å². The summed E-state index contributed by atoms with van der Waals surface area (Å²) in [5.74, 6) is -0.0385. The smallest absolute Gasteiger partial charge is 0.243 e. The fraction of sp³-hybridized carbons (Fsp3) is 0.350. The first kappa shape index (κ1) is 22.9. The van der Waals surface area contributed by atoms with Crippen LogP contribution in [-0.2, 0) is 20.6 Å². The van der Waals surface area contributed by atoms with E-state index in [1.807, 2.05) is 0 Å². The molecule has 2 aromatic carbocycles. The molecule has 0 aliphatic carbocycles. The molecular formula is C20H22ClFN2O4S2. The molecular weight excluding hydrogens is 451 g/mol. The number of hydrogen-bond donors (Lipinski definition) is 1. The fourth-order valence-electron chi connectivity index (χ4n) is 3.10. The number of methoxy groups -OCH3 is 1. The topological polar surface area (TPSA) is 75.7 Å². The van der Waals surface area contributed by atoms with Crippen molar-refractivity contribution in [2.45, 2.75) is 23.5 Å². The summed E-state index contributed by atoms with van der Waals surface area (Å²) in [5, 5.41) is 3.01. The number of rotatable bonds is 8. The summed E-state index contributed by atoms with van der Waals surface area (Å²) in [4.78, 5) is 12.5.